The van der Waals surface area contributed by atoms with Crippen molar-refractivity contribution in [3.8, 4) is 0 Å². The maximum absolute atomic E-state index is 6.48. The molecule has 0 spiro atoms. The topological polar surface area (TPSA) is 29.3 Å². The third-order valence-electron chi connectivity index (χ3n) is 4.87. The van der Waals surface area contributed by atoms with Crippen molar-refractivity contribution in [2.24, 2.45) is 17.6 Å². The Labute approximate surface area is 118 Å². The molecule has 0 bridgehead atoms. The largest absolute Gasteiger partial charge is 0.323 e. The molecular weight excluding hydrogens is 232 g/mol. The number of nitrogens with zero attached hydrogens (tertiary/aromatic N) is 1. The molecular formula is C17H28N2. The van der Waals surface area contributed by atoms with Crippen LogP contribution in [0.25, 0.3) is 0 Å². The van der Waals surface area contributed by atoms with E-state index in [0.717, 1.165) is 11.8 Å². The first-order valence-electron chi connectivity index (χ1n) is 7.57. The van der Waals surface area contributed by atoms with Gasteiger partial charge < -0.3 is 5.73 Å². The first-order chi connectivity index (χ1) is 9.00. The monoisotopic (exact) mass is 260 g/mol. The smallest absolute Gasteiger partial charge is 0.0450 e. The fourth-order valence-electron chi connectivity index (χ4n) is 3.46. The zero-order valence-electron chi connectivity index (χ0n) is 12.7. The summed E-state index contributed by atoms with van der Waals surface area (Å²) in [7, 11) is 0. The summed E-state index contributed by atoms with van der Waals surface area (Å²) >= 11 is 0. The Morgan fingerprint density at radius 2 is 1.79 bits per heavy atom. The molecule has 1 heterocycles. The molecule has 2 nitrogen and oxygen atoms in total. The van der Waals surface area contributed by atoms with Gasteiger partial charge in [0.25, 0.3) is 0 Å². The minimum Gasteiger partial charge on any atom is -0.323 e. The van der Waals surface area contributed by atoms with E-state index in [1.165, 1.54) is 18.5 Å². The van der Waals surface area contributed by atoms with E-state index in [0.29, 0.717) is 12.1 Å². The van der Waals surface area contributed by atoms with Gasteiger partial charge in [-0.15, -0.1) is 0 Å². The van der Waals surface area contributed by atoms with E-state index in [-0.39, 0.29) is 6.04 Å². The van der Waals surface area contributed by atoms with Crippen LogP contribution >= 0.6 is 0 Å². The van der Waals surface area contributed by atoms with Gasteiger partial charge in [-0.3, -0.25) is 4.90 Å². The van der Waals surface area contributed by atoms with Crippen molar-refractivity contribution in [3.63, 3.8) is 0 Å². The molecule has 1 aromatic rings. The molecule has 0 aliphatic carbocycles. The fraction of sp³-hybridized carbons (Fsp3) is 0.647. The van der Waals surface area contributed by atoms with Crippen LogP contribution in [0.15, 0.2) is 30.3 Å². The number of likely N-dealkylation sites (tertiary alicyclic amines) is 1. The summed E-state index contributed by atoms with van der Waals surface area (Å²) < 4.78 is 0. The minimum atomic E-state index is 0.0983. The molecule has 0 radical (unpaired) electrons. The summed E-state index contributed by atoms with van der Waals surface area (Å²) in [6.07, 6.45) is 1.34. The lowest BCUT2D eigenvalue weighted by Crippen LogP contribution is -2.52. The van der Waals surface area contributed by atoms with E-state index < -0.39 is 0 Å². The summed E-state index contributed by atoms with van der Waals surface area (Å²) in [6.45, 7) is 10.5. The first-order valence-corrected chi connectivity index (χ1v) is 7.57. The highest BCUT2D eigenvalue weighted by Crippen LogP contribution is 2.31. The van der Waals surface area contributed by atoms with Crippen LogP contribution in [-0.4, -0.2) is 23.5 Å². The molecule has 1 aliphatic heterocycles. The van der Waals surface area contributed by atoms with E-state index >= 15 is 0 Å². The fourth-order valence-corrected chi connectivity index (χ4v) is 3.46. The molecule has 1 aromatic carbocycles. The van der Waals surface area contributed by atoms with Gasteiger partial charge >= 0.3 is 0 Å². The second kappa shape index (κ2) is 6.06. The lowest BCUT2D eigenvalue weighted by Gasteiger charge is -2.46. The standard InChI is InChI=1S/C17H28N2/c1-12-10-13(2)14(3)19(11-12)15(4)17(18)16-8-6-5-7-9-16/h5-9,12-15,17H,10-11,18H2,1-4H3. The molecule has 0 aromatic heterocycles. The summed E-state index contributed by atoms with van der Waals surface area (Å²) in [5.74, 6) is 1.53. The van der Waals surface area contributed by atoms with Crippen LogP contribution in [0.3, 0.4) is 0 Å². The van der Waals surface area contributed by atoms with Crippen LogP contribution < -0.4 is 5.73 Å². The number of piperidine rings is 1. The van der Waals surface area contributed by atoms with Gasteiger partial charge in [0, 0.05) is 24.7 Å². The second-order valence-electron chi connectivity index (χ2n) is 6.43. The second-order valence-corrected chi connectivity index (χ2v) is 6.43. The molecule has 1 aliphatic rings. The predicted octanol–water partition coefficient (Wildman–Crippen LogP) is 3.44. The van der Waals surface area contributed by atoms with E-state index in [1.54, 1.807) is 0 Å². The SMILES string of the molecule is CC1CC(C)C(C)N(C(C)C(N)c2ccccc2)C1. The summed E-state index contributed by atoms with van der Waals surface area (Å²) in [6, 6.07) is 11.6. The molecule has 5 unspecified atom stereocenters. The first kappa shape index (κ1) is 14.5. The Morgan fingerprint density at radius 3 is 2.42 bits per heavy atom. The van der Waals surface area contributed by atoms with E-state index in [1.807, 2.05) is 0 Å². The minimum absolute atomic E-state index is 0.0983. The summed E-state index contributed by atoms with van der Waals surface area (Å²) in [4.78, 5) is 2.61. The van der Waals surface area contributed by atoms with Gasteiger partial charge in [-0.1, -0.05) is 44.2 Å². The third kappa shape index (κ3) is 3.18. The summed E-state index contributed by atoms with van der Waals surface area (Å²) in [5.41, 5.74) is 7.72. The molecule has 5 atom stereocenters. The Balaban J connectivity index is 2.12. The van der Waals surface area contributed by atoms with E-state index in [4.69, 9.17) is 5.73 Å². The average molecular weight is 260 g/mol. The zero-order valence-corrected chi connectivity index (χ0v) is 12.7. The Morgan fingerprint density at radius 1 is 1.16 bits per heavy atom. The number of nitrogens with two attached hydrogens (primary N) is 1. The molecule has 2 rings (SSSR count). The molecule has 0 amide bonds. The van der Waals surface area contributed by atoms with Crippen molar-refractivity contribution >= 4 is 0 Å². The van der Waals surface area contributed by atoms with Crippen LogP contribution in [0.2, 0.25) is 0 Å². The number of rotatable bonds is 3. The highest BCUT2D eigenvalue weighted by Gasteiger charge is 2.33. The van der Waals surface area contributed by atoms with Gasteiger partial charge in [-0.05, 0) is 37.7 Å². The maximum Gasteiger partial charge on any atom is 0.0450 e. The van der Waals surface area contributed by atoms with Gasteiger partial charge in [-0.25, -0.2) is 0 Å². The highest BCUT2D eigenvalue weighted by molar-refractivity contribution is 5.20. The van der Waals surface area contributed by atoms with Crippen molar-refractivity contribution in [2.45, 2.75) is 52.2 Å². The van der Waals surface area contributed by atoms with E-state index in [2.05, 4.69) is 62.9 Å². The number of hydrogen-bond acceptors (Lipinski definition) is 2. The average Bonchev–Trinajstić information content (AvgIpc) is 2.42. The van der Waals surface area contributed by atoms with Gasteiger partial charge in [0.15, 0.2) is 0 Å². The van der Waals surface area contributed by atoms with Crippen LogP contribution in [0.5, 0.6) is 0 Å². The molecule has 0 saturated carbocycles. The van der Waals surface area contributed by atoms with Crippen LogP contribution in [0.4, 0.5) is 0 Å². The van der Waals surface area contributed by atoms with Gasteiger partial charge in [0.1, 0.15) is 0 Å². The van der Waals surface area contributed by atoms with E-state index in [9.17, 15) is 0 Å². The quantitative estimate of drug-likeness (QED) is 0.902. The highest BCUT2D eigenvalue weighted by atomic mass is 15.2. The molecule has 2 N–H and O–H groups in total. The van der Waals surface area contributed by atoms with Crippen molar-refractivity contribution in [1.29, 1.82) is 0 Å². The molecule has 2 heteroatoms. The third-order valence-corrected chi connectivity index (χ3v) is 4.87. The van der Waals surface area contributed by atoms with Crippen LogP contribution in [0, 0.1) is 11.8 Å². The number of hydrogen-bond donors (Lipinski definition) is 1. The van der Waals surface area contributed by atoms with Gasteiger partial charge in [-0.2, -0.15) is 0 Å². The van der Waals surface area contributed by atoms with Crippen molar-refractivity contribution in [1.82, 2.24) is 4.90 Å². The lowest BCUT2D eigenvalue weighted by atomic mass is 9.84. The Kier molecular flexibility index (Phi) is 4.64. The van der Waals surface area contributed by atoms with Crippen LogP contribution in [0.1, 0.15) is 45.7 Å². The molecule has 106 valence electrons. The Bertz CT molecular complexity index is 390. The molecule has 1 fully saturated rings. The Hall–Kier alpha value is -0.860. The molecule has 19 heavy (non-hydrogen) atoms. The molecule has 1 saturated heterocycles. The van der Waals surface area contributed by atoms with Crippen molar-refractivity contribution in [2.75, 3.05) is 6.54 Å². The van der Waals surface area contributed by atoms with Crippen molar-refractivity contribution < 1.29 is 0 Å². The predicted molar refractivity (Wildman–Crippen MR) is 81.9 cm³/mol. The normalized spacial score (nSPS) is 31.9. The summed E-state index contributed by atoms with van der Waals surface area (Å²) in [5, 5.41) is 0. The van der Waals surface area contributed by atoms with Gasteiger partial charge in [0.05, 0.1) is 0 Å². The van der Waals surface area contributed by atoms with Crippen LogP contribution in [-0.2, 0) is 0 Å². The lowest BCUT2D eigenvalue weighted by molar-refractivity contribution is 0.0369. The number of benzene rings is 1. The van der Waals surface area contributed by atoms with Crippen molar-refractivity contribution in [3.05, 3.63) is 35.9 Å². The van der Waals surface area contributed by atoms with Gasteiger partial charge in [0.2, 0.25) is 0 Å². The zero-order chi connectivity index (χ0) is 14.0. The maximum atomic E-state index is 6.48.